The number of Topliss-reactive ketones (excluding diaryl/α,β-unsaturated/α-hetero) is 1. The van der Waals surface area contributed by atoms with E-state index in [1.54, 1.807) is 13.8 Å². The van der Waals surface area contributed by atoms with Gasteiger partial charge < -0.3 is 9.16 Å². The fourth-order valence-corrected chi connectivity index (χ4v) is 10.2. The second-order valence-electron chi connectivity index (χ2n) is 10.7. The van der Waals surface area contributed by atoms with Crippen LogP contribution in [0.1, 0.15) is 60.3 Å². The summed E-state index contributed by atoms with van der Waals surface area (Å²) in [6.45, 7) is 15.5. The van der Waals surface area contributed by atoms with Gasteiger partial charge in [-0.2, -0.15) is 0 Å². The molecule has 5 heteroatoms. The summed E-state index contributed by atoms with van der Waals surface area (Å²) in [6, 6.07) is 21.2. The molecule has 0 aliphatic heterocycles. The Hall–Kier alpha value is -2.50. The minimum atomic E-state index is -2.58. The van der Waals surface area contributed by atoms with Gasteiger partial charge in [-0.25, -0.2) is 0 Å². The number of ketones is 1. The summed E-state index contributed by atoms with van der Waals surface area (Å²) in [4.78, 5) is 25.3. The molecule has 0 bridgehead atoms. The van der Waals surface area contributed by atoms with Crippen molar-refractivity contribution in [2.45, 2.75) is 65.3 Å². The number of hydrogen-bond acceptors (Lipinski definition) is 4. The van der Waals surface area contributed by atoms with Crippen molar-refractivity contribution in [2.75, 3.05) is 13.2 Å². The Morgan fingerprint density at radius 1 is 1.06 bits per heavy atom. The first kappa shape index (κ1) is 27.1. The lowest BCUT2D eigenvalue weighted by Gasteiger charge is -2.43. The molecule has 0 radical (unpaired) electrons. The van der Waals surface area contributed by atoms with Gasteiger partial charge in [0.1, 0.15) is 5.41 Å². The number of ether oxygens (including phenoxy) is 1. The fraction of sp³-hybridized carbons (Fsp3) is 0.467. The Bertz CT molecular complexity index is 986. The molecule has 2 atom stereocenters. The van der Waals surface area contributed by atoms with Crippen LogP contribution in [0.4, 0.5) is 0 Å². The number of benzene rings is 2. The predicted molar refractivity (Wildman–Crippen MR) is 144 cm³/mol. The first-order valence-corrected chi connectivity index (χ1v) is 14.6. The zero-order valence-corrected chi connectivity index (χ0v) is 22.9. The standard InChI is InChI=1S/C30H40O4Si/c1-7-33-28(32)30(6)26(20-21-27(30)31)23(2)15-14-22-34-35(29(3,4)5,24-16-10-8-11-17-24)25-18-12-9-13-19-25/h8-13,16-19,26H,2,7,14-15,20-22H2,1,3-6H3/t26-,30+/m0/s1. The number of carbonyl (C=O) groups is 2. The molecule has 0 unspecified atom stereocenters. The van der Waals surface area contributed by atoms with E-state index in [9.17, 15) is 9.59 Å². The van der Waals surface area contributed by atoms with Crippen LogP contribution >= 0.6 is 0 Å². The monoisotopic (exact) mass is 492 g/mol. The molecule has 0 saturated heterocycles. The number of allylic oxidation sites excluding steroid dienone is 1. The lowest BCUT2D eigenvalue weighted by molar-refractivity contribution is -0.159. The van der Waals surface area contributed by atoms with Gasteiger partial charge in [-0.1, -0.05) is 93.6 Å². The zero-order valence-electron chi connectivity index (χ0n) is 21.9. The van der Waals surface area contributed by atoms with Gasteiger partial charge in [-0.3, -0.25) is 9.59 Å². The van der Waals surface area contributed by atoms with Gasteiger partial charge in [-0.15, -0.1) is 0 Å². The van der Waals surface area contributed by atoms with Gasteiger partial charge in [0, 0.05) is 18.9 Å². The molecule has 1 saturated carbocycles. The second-order valence-corrected chi connectivity index (χ2v) is 15.0. The van der Waals surface area contributed by atoms with E-state index < -0.39 is 19.7 Å². The van der Waals surface area contributed by atoms with Crippen molar-refractivity contribution in [3.63, 3.8) is 0 Å². The zero-order chi connectivity index (χ0) is 25.7. The van der Waals surface area contributed by atoms with Crippen molar-refractivity contribution in [1.29, 1.82) is 0 Å². The van der Waals surface area contributed by atoms with Gasteiger partial charge in [0.15, 0.2) is 5.78 Å². The van der Waals surface area contributed by atoms with Gasteiger partial charge in [0.05, 0.1) is 6.61 Å². The molecule has 0 heterocycles. The summed E-state index contributed by atoms with van der Waals surface area (Å²) in [5.74, 6) is -0.634. The van der Waals surface area contributed by atoms with Crippen molar-refractivity contribution in [3.05, 3.63) is 72.8 Å². The lowest BCUT2D eigenvalue weighted by atomic mass is 9.74. The van der Waals surface area contributed by atoms with E-state index in [1.807, 2.05) is 12.1 Å². The third kappa shape index (κ3) is 5.21. The second kappa shape index (κ2) is 11.0. The number of carbonyl (C=O) groups excluding carboxylic acids is 2. The number of rotatable bonds is 10. The largest absolute Gasteiger partial charge is 0.465 e. The normalized spacial score (nSPS) is 20.6. The Morgan fingerprint density at radius 2 is 1.60 bits per heavy atom. The molecule has 1 fully saturated rings. The Balaban J connectivity index is 1.78. The highest BCUT2D eigenvalue weighted by Gasteiger charge is 2.54. The predicted octanol–water partition coefficient (Wildman–Crippen LogP) is 5.45. The van der Waals surface area contributed by atoms with Crippen molar-refractivity contribution in [2.24, 2.45) is 11.3 Å². The molecular weight excluding hydrogens is 452 g/mol. The van der Waals surface area contributed by atoms with Crippen molar-refractivity contribution in [1.82, 2.24) is 0 Å². The maximum atomic E-state index is 12.7. The van der Waals surface area contributed by atoms with E-state index in [2.05, 4.69) is 75.9 Å². The first-order chi connectivity index (χ1) is 16.6. The van der Waals surface area contributed by atoms with Crippen LogP contribution in [-0.2, 0) is 18.8 Å². The van der Waals surface area contributed by atoms with Crippen LogP contribution in [0, 0.1) is 11.3 Å². The SMILES string of the molecule is C=C(CCCO[Si](c1ccccc1)(c1ccccc1)C(C)(C)C)[C@@H]1CCC(=O)[C@]1(C)C(=O)OCC. The topological polar surface area (TPSA) is 52.6 Å². The average molecular weight is 493 g/mol. The van der Waals surface area contributed by atoms with E-state index >= 15 is 0 Å². The molecular formula is C30H40O4Si. The molecule has 0 spiro atoms. The highest BCUT2D eigenvalue weighted by atomic mass is 28.4. The third-order valence-corrected chi connectivity index (χ3v) is 12.5. The van der Waals surface area contributed by atoms with E-state index in [0.29, 0.717) is 25.9 Å². The summed E-state index contributed by atoms with van der Waals surface area (Å²) in [5.41, 5.74) is -0.177. The summed E-state index contributed by atoms with van der Waals surface area (Å²) in [7, 11) is -2.58. The Morgan fingerprint density at radius 3 is 2.09 bits per heavy atom. The van der Waals surface area contributed by atoms with Crippen LogP contribution in [0.3, 0.4) is 0 Å². The quantitative estimate of drug-likeness (QED) is 0.146. The van der Waals surface area contributed by atoms with E-state index in [-0.39, 0.29) is 23.3 Å². The van der Waals surface area contributed by atoms with Crippen LogP contribution in [0.5, 0.6) is 0 Å². The maximum Gasteiger partial charge on any atom is 0.319 e. The summed E-state index contributed by atoms with van der Waals surface area (Å²) in [5, 5.41) is 2.44. The summed E-state index contributed by atoms with van der Waals surface area (Å²) < 4.78 is 12.2. The highest BCUT2D eigenvalue weighted by Crippen LogP contribution is 2.46. The summed E-state index contributed by atoms with van der Waals surface area (Å²) >= 11 is 0. The molecule has 4 nitrogen and oxygen atoms in total. The van der Waals surface area contributed by atoms with E-state index in [0.717, 1.165) is 12.0 Å². The molecule has 2 aromatic rings. The minimum absolute atomic E-state index is 0.0364. The Labute approximate surface area is 211 Å². The van der Waals surface area contributed by atoms with Crippen molar-refractivity contribution >= 4 is 30.4 Å². The molecule has 3 rings (SSSR count). The number of esters is 1. The number of hydrogen-bond donors (Lipinski definition) is 0. The molecule has 188 valence electrons. The van der Waals surface area contributed by atoms with Crippen LogP contribution in [0.2, 0.25) is 5.04 Å². The fourth-order valence-electron chi connectivity index (χ4n) is 5.63. The van der Waals surface area contributed by atoms with Crippen molar-refractivity contribution < 1.29 is 18.8 Å². The van der Waals surface area contributed by atoms with Gasteiger partial charge in [-0.05, 0) is 48.5 Å². The highest BCUT2D eigenvalue weighted by molar-refractivity contribution is 6.99. The van der Waals surface area contributed by atoms with Gasteiger partial charge >= 0.3 is 5.97 Å². The van der Waals surface area contributed by atoms with Crippen molar-refractivity contribution in [3.8, 4) is 0 Å². The summed E-state index contributed by atoms with van der Waals surface area (Å²) in [6.07, 6.45) is 2.55. The van der Waals surface area contributed by atoms with Gasteiger partial charge in [0.25, 0.3) is 8.32 Å². The molecule has 35 heavy (non-hydrogen) atoms. The lowest BCUT2D eigenvalue weighted by Crippen LogP contribution is -2.66. The average Bonchev–Trinajstić information content (AvgIpc) is 3.15. The molecule has 2 aromatic carbocycles. The van der Waals surface area contributed by atoms with E-state index in [1.165, 1.54) is 10.4 Å². The molecule has 0 amide bonds. The van der Waals surface area contributed by atoms with Gasteiger partial charge in [0.2, 0.25) is 0 Å². The molecule has 1 aliphatic carbocycles. The minimum Gasteiger partial charge on any atom is -0.465 e. The van der Waals surface area contributed by atoms with Crippen LogP contribution in [-0.4, -0.2) is 33.3 Å². The van der Waals surface area contributed by atoms with Crippen LogP contribution < -0.4 is 10.4 Å². The van der Waals surface area contributed by atoms with Crippen LogP contribution in [0.25, 0.3) is 0 Å². The molecule has 0 N–H and O–H groups in total. The van der Waals surface area contributed by atoms with Crippen LogP contribution in [0.15, 0.2) is 72.8 Å². The van der Waals surface area contributed by atoms with E-state index in [4.69, 9.17) is 9.16 Å². The first-order valence-electron chi connectivity index (χ1n) is 12.7. The Kier molecular flexibility index (Phi) is 8.55. The third-order valence-electron chi connectivity index (χ3n) is 7.51. The maximum absolute atomic E-state index is 12.7. The molecule has 1 aliphatic rings. The smallest absolute Gasteiger partial charge is 0.319 e. The molecule has 0 aromatic heterocycles.